The third kappa shape index (κ3) is 6.36. The SMILES string of the molecule is COCCn1c(SCc2ccc(C(=O)NCC(C)C)cc2)nnc1C(C)C. The van der Waals surface area contributed by atoms with Gasteiger partial charge in [0.25, 0.3) is 5.91 Å². The number of benzene rings is 1. The first-order valence-corrected chi connectivity index (χ1v) is 10.3. The first-order chi connectivity index (χ1) is 12.9. The van der Waals surface area contributed by atoms with Gasteiger partial charge < -0.3 is 14.6 Å². The number of hydrogen-bond donors (Lipinski definition) is 1. The molecule has 0 saturated heterocycles. The Balaban J connectivity index is 1.99. The number of hydrogen-bond acceptors (Lipinski definition) is 5. The van der Waals surface area contributed by atoms with Crippen molar-refractivity contribution in [1.82, 2.24) is 20.1 Å². The van der Waals surface area contributed by atoms with Crippen LogP contribution in [0.5, 0.6) is 0 Å². The summed E-state index contributed by atoms with van der Waals surface area (Å²) in [6, 6.07) is 7.74. The summed E-state index contributed by atoms with van der Waals surface area (Å²) in [4.78, 5) is 12.1. The zero-order valence-corrected chi connectivity index (χ0v) is 17.7. The predicted molar refractivity (Wildman–Crippen MR) is 109 cm³/mol. The fraction of sp³-hybridized carbons (Fsp3) is 0.550. The number of nitrogens with zero attached hydrogens (tertiary/aromatic N) is 3. The second-order valence-corrected chi connectivity index (χ2v) is 8.17. The van der Waals surface area contributed by atoms with Crippen LogP contribution in [0.15, 0.2) is 29.4 Å². The zero-order chi connectivity index (χ0) is 19.8. The van der Waals surface area contributed by atoms with Crippen molar-refractivity contribution in [3.63, 3.8) is 0 Å². The minimum atomic E-state index is -0.0243. The van der Waals surface area contributed by atoms with Gasteiger partial charge in [0.05, 0.1) is 6.61 Å². The molecule has 1 heterocycles. The molecule has 0 saturated carbocycles. The standard InChI is InChI=1S/C20H30N4O2S/c1-14(2)12-21-19(25)17-8-6-16(7-9-17)13-27-20-23-22-18(15(3)4)24(20)10-11-26-5/h6-9,14-15H,10-13H2,1-5H3,(H,21,25). The Morgan fingerprint density at radius 2 is 1.89 bits per heavy atom. The molecule has 1 aromatic heterocycles. The van der Waals surface area contributed by atoms with E-state index in [9.17, 15) is 4.79 Å². The van der Waals surface area contributed by atoms with Crippen molar-refractivity contribution in [3.8, 4) is 0 Å². The fourth-order valence-electron chi connectivity index (χ4n) is 2.53. The Labute approximate surface area is 166 Å². The third-order valence-electron chi connectivity index (χ3n) is 4.04. The molecule has 2 aromatic rings. The normalized spacial score (nSPS) is 11.4. The number of ether oxygens (including phenoxy) is 1. The van der Waals surface area contributed by atoms with Crippen molar-refractivity contribution in [2.75, 3.05) is 20.3 Å². The van der Waals surface area contributed by atoms with E-state index >= 15 is 0 Å². The van der Waals surface area contributed by atoms with E-state index in [2.05, 4.69) is 47.8 Å². The molecule has 0 aliphatic carbocycles. The Morgan fingerprint density at radius 3 is 2.48 bits per heavy atom. The van der Waals surface area contributed by atoms with Crippen molar-refractivity contribution in [2.24, 2.45) is 5.92 Å². The number of amides is 1. The van der Waals surface area contributed by atoms with Crippen LogP contribution in [-0.4, -0.2) is 40.9 Å². The lowest BCUT2D eigenvalue weighted by Gasteiger charge is -2.11. The summed E-state index contributed by atoms with van der Waals surface area (Å²) in [6.07, 6.45) is 0. The minimum Gasteiger partial charge on any atom is -0.383 e. The maximum Gasteiger partial charge on any atom is 0.251 e. The van der Waals surface area contributed by atoms with E-state index in [0.717, 1.165) is 28.8 Å². The summed E-state index contributed by atoms with van der Waals surface area (Å²) in [7, 11) is 1.70. The Hall–Kier alpha value is -1.86. The molecule has 148 valence electrons. The third-order valence-corrected chi connectivity index (χ3v) is 5.07. The number of aromatic nitrogens is 3. The number of thioether (sulfide) groups is 1. The average Bonchev–Trinajstić information content (AvgIpc) is 3.06. The number of rotatable bonds is 10. The molecule has 6 nitrogen and oxygen atoms in total. The molecule has 0 fully saturated rings. The van der Waals surface area contributed by atoms with Crippen molar-refractivity contribution >= 4 is 17.7 Å². The fourth-order valence-corrected chi connectivity index (χ4v) is 3.45. The van der Waals surface area contributed by atoms with Crippen LogP contribution in [0.3, 0.4) is 0 Å². The lowest BCUT2D eigenvalue weighted by molar-refractivity contribution is 0.0949. The average molecular weight is 391 g/mol. The highest BCUT2D eigenvalue weighted by atomic mass is 32.2. The van der Waals surface area contributed by atoms with E-state index in [-0.39, 0.29) is 5.91 Å². The van der Waals surface area contributed by atoms with E-state index in [1.807, 2.05) is 24.3 Å². The van der Waals surface area contributed by atoms with Crippen LogP contribution >= 0.6 is 11.8 Å². The summed E-state index contributed by atoms with van der Waals surface area (Å²) in [5, 5.41) is 12.5. The van der Waals surface area contributed by atoms with Crippen LogP contribution in [-0.2, 0) is 17.0 Å². The summed E-state index contributed by atoms with van der Waals surface area (Å²) in [5.41, 5.74) is 1.84. The van der Waals surface area contributed by atoms with Gasteiger partial charge in [-0.3, -0.25) is 4.79 Å². The maximum atomic E-state index is 12.1. The summed E-state index contributed by atoms with van der Waals surface area (Å²) in [6.45, 7) is 10.5. The molecule has 1 aromatic carbocycles. The van der Waals surface area contributed by atoms with Crippen LogP contribution in [0.25, 0.3) is 0 Å². The van der Waals surface area contributed by atoms with E-state index in [1.54, 1.807) is 18.9 Å². The number of nitrogens with one attached hydrogen (secondary N) is 1. The van der Waals surface area contributed by atoms with Gasteiger partial charge in [0.2, 0.25) is 0 Å². The second kappa shape index (κ2) is 10.5. The van der Waals surface area contributed by atoms with Gasteiger partial charge in [-0.1, -0.05) is 51.6 Å². The van der Waals surface area contributed by atoms with Crippen molar-refractivity contribution < 1.29 is 9.53 Å². The van der Waals surface area contributed by atoms with Gasteiger partial charge in [0, 0.05) is 37.4 Å². The van der Waals surface area contributed by atoms with E-state index < -0.39 is 0 Å². The summed E-state index contributed by atoms with van der Waals surface area (Å²) >= 11 is 1.65. The van der Waals surface area contributed by atoms with Gasteiger partial charge >= 0.3 is 0 Å². The largest absolute Gasteiger partial charge is 0.383 e. The van der Waals surface area contributed by atoms with E-state index in [4.69, 9.17) is 4.74 Å². The number of carbonyl (C=O) groups excluding carboxylic acids is 1. The topological polar surface area (TPSA) is 69.0 Å². The zero-order valence-electron chi connectivity index (χ0n) is 16.9. The molecular formula is C20H30N4O2S. The highest BCUT2D eigenvalue weighted by Crippen LogP contribution is 2.24. The molecule has 0 aliphatic rings. The lowest BCUT2D eigenvalue weighted by Crippen LogP contribution is -2.27. The predicted octanol–water partition coefficient (Wildman–Crippen LogP) is 3.73. The Morgan fingerprint density at radius 1 is 1.19 bits per heavy atom. The van der Waals surface area contributed by atoms with Crippen LogP contribution < -0.4 is 5.32 Å². The quantitative estimate of drug-likeness (QED) is 0.626. The van der Waals surface area contributed by atoms with Gasteiger partial charge in [0.1, 0.15) is 5.82 Å². The van der Waals surface area contributed by atoms with E-state index in [1.165, 1.54) is 0 Å². The monoisotopic (exact) mass is 390 g/mol. The molecule has 0 aliphatic heterocycles. The Kier molecular flexibility index (Phi) is 8.31. The molecule has 0 spiro atoms. The summed E-state index contributed by atoms with van der Waals surface area (Å²) < 4.78 is 7.35. The minimum absolute atomic E-state index is 0.0243. The Bertz CT molecular complexity index is 726. The molecule has 0 radical (unpaired) electrons. The molecule has 0 bridgehead atoms. The van der Waals surface area contributed by atoms with E-state index in [0.29, 0.717) is 30.6 Å². The first kappa shape index (κ1) is 21.4. The van der Waals surface area contributed by atoms with Gasteiger partial charge in [-0.25, -0.2) is 0 Å². The lowest BCUT2D eigenvalue weighted by atomic mass is 10.1. The molecule has 0 atom stereocenters. The van der Waals surface area contributed by atoms with Gasteiger partial charge in [-0.15, -0.1) is 10.2 Å². The van der Waals surface area contributed by atoms with Gasteiger partial charge in [-0.2, -0.15) is 0 Å². The number of methoxy groups -OCH3 is 1. The summed E-state index contributed by atoms with van der Waals surface area (Å²) in [5.74, 6) is 2.48. The van der Waals surface area contributed by atoms with Crippen LogP contribution in [0, 0.1) is 5.92 Å². The van der Waals surface area contributed by atoms with Gasteiger partial charge in [-0.05, 0) is 23.6 Å². The molecule has 1 amide bonds. The van der Waals surface area contributed by atoms with Crippen molar-refractivity contribution in [2.45, 2.75) is 51.1 Å². The molecule has 7 heteroatoms. The second-order valence-electron chi connectivity index (χ2n) is 7.23. The highest BCUT2D eigenvalue weighted by Gasteiger charge is 2.15. The molecule has 2 rings (SSSR count). The first-order valence-electron chi connectivity index (χ1n) is 9.34. The van der Waals surface area contributed by atoms with Crippen LogP contribution in [0.4, 0.5) is 0 Å². The number of carbonyl (C=O) groups is 1. The molecular weight excluding hydrogens is 360 g/mol. The van der Waals surface area contributed by atoms with Crippen molar-refractivity contribution in [1.29, 1.82) is 0 Å². The highest BCUT2D eigenvalue weighted by molar-refractivity contribution is 7.98. The molecule has 1 N–H and O–H groups in total. The molecule has 27 heavy (non-hydrogen) atoms. The van der Waals surface area contributed by atoms with Crippen LogP contribution in [0.2, 0.25) is 0 Å². The van der Waals surface area contributed by atoms with Crippen molar-refractivity contribution in [3.05, 3.63) is 41.2 Å². The van der Waals surface area contributed by atoms with Crippen LogP contribution in [0.1, 0.15) is 55.4 Å². The molecule has 0 unspecified atom stereocenters. The maximum absolute atomic E-state index is 12.1. The van der Waals surface area contributed by atoms with Gasteiger partial charge in [0.15, 0.2) is 5.16 Å². The smallest absolute Gasteiger partial charge is 0.251 e.